The van der Waals surface area contributed by atoms with Crippen molar-refractivity contribution in [3.05, 3.63) is 48.0 Å². The number of anilines is 1. The number of benzene rings is 2. The van der Waals surface area contributed by atoms with Gasteiger partial charge in [-0.05, 0) is 61.9 Å². The van der Waals surface area contributed by atoms with Crippen molar-refractivity contribution in [1.82, 2.24) is 4.90 Å². The first-order valence-corrected chi connectivity index (χ1v) is 12.0. The molecule has 36 heavy (non-hydrogen) atoms. The number of nitrogens with zero attached hydrogens (tertiary/aromatic N) is 1. The molecule has 194 valence electrons. The summed E-state index contributed by atoms with van der Waals surface area (Å²) < 4.78 is 21.4. The van der Waals surface area contributed by atoms with Crippen LogP contribution < -0.4 is 19.5 Å². The number of carbonyl (C=O) groups excluding carboxylic acids is 3. The molecule has 0 heterocycles. The van der Waals surface area contributed by atoms with Gasteiger partial charge in [0.25, 0.3) is 11.8 Å². The van der Waals surface area contributed by atoms with E-state index in [2.05, 4.69) is 12.2 Å². The standard InChI is InChI=1S/C27H34N2O7/c1-18-9-12-20(13-10-18)29(2)26(31)17-36-27(32)19-11-14-23(24(15-19)34-4)35-16-25(30)28-21-7-5-6-8-22(21)33-3/h5-8,11,14-15,18,20H,9-10,12-13,16-17H2,1-4H3,(H,28,30). The second kappa shape index (κ2) is 12.8. The van der Waals surface area contributed by atoms with Crippen molar-refractivity contribution in [2.75, 3.05) is 39.8 Å². The molecule has 2 amide bonds. The van der Waals surface area contributed by atoms with E-state index in [1.807, 2.05) is 0 Å². The number of amides is 2. The number of hydrogen-bond donors (Lipinski definition) is 1. The van der Waals surface area contributed by atoms with Crippen LogP contribution >= 0.6 is 0 Å². The summed E-state index contributed by atoms with van der Waals surface area (Å²) in [5.74, 6) is 0.500. The molecule has 0 saturated heterocycles. The zero-order valence-electron chi connectivity index (χ0n) is 21.2. The minimum atomic E-state index is -0.646. The van der Waals surface area contributed by atoms with Crippen molar-refractivity contribution in [2.45, 2.75) is 38.6 Å². The summed E-state index contributed by atoms with van der Waals surface area (Å²) in [4.78, 5) is 39.1. The molecule has 3 rings (SSSR count). The summed E-state index contributed by atoms with van der Waals surface area (Å²) in [6.07, 6.45) is 4.12. The number of para-hydroxylation sites is 2. The highest BCUT2D eigenvalue weighted by Crippen LogP contribution is 2.29. The molecule has 0 aliphatic heterocycles. The number of likely N-dealkylation sites (N-methyl/N-ethyl adjacent to an activating group) is 1. The van der Waals surface area contributed by atoms with Crippen LogP contribution in [-0.2, 0) is 14.3 Å². The van der Waals surface area contributed by atoms with Gasteiger partial charge in [-0.1, -0.05) is 19.1 Å². The summed E-state index contributed by atoms with van der Waals surface area (Å²) in [6.45, 7) is 1.62. The van der Waals surface area contributed by atoms with Gasteiger partial charge >= 0.3 is 5.97 Å². The highest BCUT2D eigenvalue weighted by atomic mass is 16.5. The van der Waals surface area contributed by atoms with Gasteiger partial charge in [0, 0.05) is 13.1 Å². The van der Waals surface area contributed by atoms with Crippen LogP contribution in [0.3, 0.4) is 0 Å². The average molecular weight is 499 g/mol. The molecule has 0 aromatic heterocycles. The van der Waals surface area contributed by atoms with Crippen molar-refractivity contribution in [3.8, 4) is 17.2 Å². The lowest BCUT2D eigenvalue weighted by Gasteiger charge is -2.33. The fraction of sp³-hybridized carbons (Fsp3) is 0.444. The first kappa shape index (κ1) is 26.8. The molecule has 2 aromatic carbocycles. The van der Waals surface area contributed by atoms with Crippen molar-refractivity contribution in [3.63, 3.8) is 0 Å². The molecule has 1 fully saturated rings. The van der Waals surface area contributed by atoms with E-state index in [0.717, 1.165) is 25.7 Å². The molecule has 1 aliphatic carbocycles. The van der Waals surface area contributed by atoms with Crippen molar-refractivity contribution >= 4 is 23.5 Å². The van der Waals surface area contributed by atoms with E-state index in [-0.39, 0.29) is 48.1 Å². The van der Waals surface area contributed by atoms with Gasteiger partial charge in [0.05, 0.1) is 25.5 Å². The molecule has 0 atom stereocenters. The lowest BCUT2D eigenvalue weighted by atomic mass is 9.87. The Morgan fingerprint density at radius 2 is 1.61 bits per heavy atom. The fourth-order valence-corrected chi connectivity index (χ4v) is 4.14. The van der Waals surface area contributed by atoms with Gasteiger partial charge in [-0.25, -0.2) is 4.79 Å². The van der Waals surface area contributed by atoms with Gasteiger partial charge in [-0.3, -0.25) is 9.59 Å². The fourth-order valence-electron chi connectivity index (χ4n) is 4.14. The number of ether oxygens (including phenoxy) is 4. The summed E-state index contributed by atoms with van der Waals surface area (Å²) >= 11 is 0. The van der Waals surface area contributed by atoms with Gasteiger partial charge in [0.15, 0.2) is 24.7 Å². The summed E-state index contributed by atoms with van der Waals surface area (Å²) in [6, 6.07) is 11.7. The topological polar surface area (TPSA) is 103 Å². The normalized spacial score (nSPS) is 17.0. The first-order chi connectivity index (χ1) is 17.3. The molecular weight excluding hydrogens is 464 g/mol. The van der Waals surface area contributed by atoms with E-state index in [9.17, 15) is 14.4 Å². The monoisotopic (exact) mass is 498 g/mol. The van der Waals surface area contributed by atoms with Crippen molar-refractivity contribution in [1.29, 1.82) is 0 Å². The van der Waals surface area contributed by atoms with E-state index >= 15 is 0 Å². The van der Waals surface area contributed by atoms with Crippen LogP contribution in [0.4, 0.5) is 5.69 Å². The molecule has 1 aliphatic rings. The third kappa shape index (κ3) is 7.13. The molecule has 1 N–H and O–H groups in total. The number of rotatable bonds is 10. The second-order valence-electron chi connectivity index (χ2n) is 8.90. The number of hydrogen-bond acceptors (Lipinski definition) is 7. The van der Waals surface area contributed by atoms with Crippen molar-refractivity contribution in [2.24, 2.45) is 5.92 Å². The van der Waals surface area contributed by atoms with Crippen LogP contribution in [-0.4, -0.2) is 63.2 Å². The summed E-state index contributed by atoms with van der Waals surface area (Å²) in [7, 11) is 4.70. The van der Waals surface area contributed by atoms with Gasteiger partial charge in [0.1, 0.15) is 5.75 Å². The average Bonchev–Trinajstić information content (AvgIpc) is 2.90. The second-order valence-corrected chi connectivity index (χ2v) is 8.90. The zero-order chi connectivity index (χ0) is 26.1. The van der Waals surface area contributed by atoms with Crippen LogP contribution in [0.25, 0.3) is 0 Å². The number of nitrogens with one attached hydrogen (secondary N) is 1. The molecule has 2 aromatic rings. The molecule has 0 unspecified atom stereocenters. The van der Waals surface area contributed by atoms with Gasteiger partial charge in [-0.15, -0.1) is 0 Å². The molecule has 0 radical (unpaired) electrons. The van der Waals surface area contributed by atoms with Gasteiger partial charge < -0.3 is 29.2 Å². The van der Waals surface area contributed by atoms with E-state index in [1.54, 1.807) is 36.2 Å². The first-order valence-electron chi connectivity index (χ1n) is 12.0. The van der Waals surface area contributed by atoms with Gasteiger partial charge in [-0.2, -0.15) is 0 Å². The number of carbonyl (C=O) groups is 3. The smallest absolute Gasteiger partial charge is 0.338 e. The quantitative estimate of drug-likeness (QED) is 0.495. The third-order valence-electron chi connectivity index (χ3n) is 6.39. The minimum absolute atomic E-state index is 0.184. The molecule has 0 bridgehead atoms. The van der Waals surface area contributed by atoms with Crippen LogP contribution in [0.2, 0.25) is 0 Å². The Balaban J connectivity index is 1.52. The largest absolute Gasteiger partial charge is 0.495 e. The van der Waals surface area contributed by atoms with E-state index in [1.165, 1.54) is 32.4 Å². The lowest BCUT2D eigenvalue weighted by Crippen LogP contribution is -2.41. The van der Waals surface area contributed by atoms with E-state index in [4.69, 9.17) is 18.9 Å². The molecule has 9 nitrogen and oxygen atoms in total. The lowest BCUT2D eigenvalue weighted by molar-refractivity contribution is -0.136. The zero-order valence-corrected chi connectivity index (χ0v) is 21.2. The molecule has 9 heteroatoms. The number of methoxy groups -OCH3 is 2. The predicted molar refractivity (Wildman–Crippen MR) is 135 cm³/mol. The van der Waals surface area contributed by atoms with E-state index < -0.39 is 5.97 Å². The predicted octanol–water partition coefficient (Wildman–Crippen LogP) is 3.92. The SMILES string of the molecule is COc1ccccc1NC(=O)COc1ccc(C(=O)OCC(=O)N(C)C2CCC(C)CC2)cc1OC. The highest BCUT2D eigenvalue weighted by molar-refractivity contribution is 5.94. The highest BCUT2D eigenvalue weighted by Gasteiger charge is 2.25. The van der Waals surface area contributed by atoms with Crippen molar-refractivity contribution < 1.29 is 33.3 Å². The Bertz CT molecular complexity index is 1060. The Kier molecular flexibility index (Phi) is 9.55. The summed E-state index contributed by atoms with van der Waals surface area (Å²) in [5, 5.41) is 2.72. The maximum absolute atomic E-state index is 12.5. The molecular formula is C27H34N2O7. The van der Waals surface area contributed by atoms with E-state index in [0.29, 0.717) is 17.4 Å². The number of esters is 1. The Hall–Kier alpha value is -3.75. The summed E-state index contributed by atoms with van der Waals surface area (Å²) in [5.41, 5.74) is 0.733. The van der Waals surface area contributed by atoms with Gasteiger partial charge in [0.2, 0.25) is 0 Å². The maximum Gasteiger partial charge on any atom is 0.338 e. The van der Waals surface area contributed by atoms with Crippen LogP contribution in [0.1, 0.15) is 43.0 Å². The minimum Gasteiger partial charge on any atom is -0.495 e. The third-order valence-corrected chi connectivity index (χ3v) is 6.39. The Morgan fingerprint density at radius 1 is 0.917 bits per heavy atom. The van der Waals surface area contributed by atoms with Crippen LogP contribution in [0, 0.1) is 5.92 Å². The Labute approximate surface area is 211 Å². The Morgan fingerprint density at radius 3 is 2.31 bits per heavy atom. The molecule has 1 saturated carbocycles. The van der Waals surface area contributed by atoms with Crippen LogP contribution in [0.15, 0.2) is 42.5 Å². The van der Waals surface area contributed by atoms with Crippen LogP contribution in [0.5, 0.6) is 17.2 Å². The maximum atomic E-state index is 12.5. The molecule has 0 spiro atoms.